The maximum absolute atomic E-state index is 12.6. The molecular weight excluding hydrogens is 398 g/mol. The standard InChI is InChI=1S/C19H19N3O4S2/c1-12-6-4-5-7-16(12)18-20-21-19(26-18)27-13(2)17(23)14-8-10-15(11-9-14)22-28(3,24)25/h4-11,13,22H,1-3H3/t13-/m0/s1. The van der Waals surface area contributed by atoms with E-state index in [0.29, 0.717) is 22.4 Å². The number of hydrogen-bond donors (Lipinski definition) is 1. The van der Waals surface area contributed by atoms with E-state index in [9.17, 15) is 13.2 Å². The molecule has 7 nitrogen and oxygen atoms in total. The van der Waals surface area contributed by atoms with E-state index in [2.05, 4.69) is 14.9 Å². The first-order chi connectivity index (χ1) is 13.2. The third-order valence-corrected chi connectivity index (χ3v) is 5.44. The summed E-state index contributed by atoms with van der Waals surface area (Å²) in [5.41, 5.74) is 2.75. The van der Waals surface area contributed by atoms with Gasteiger partial charge in [0.25, 0.3) is 5.22 Å². The molecule has 0 radical (unpaired) electrons. The van der Waals surface area contributed by atoms with Gasteiger partial charge < -0.3 is 4.42 Å². The van der Waals surface area contributed by atoms with Gasteiger partial charge in [-0.05, 0) is 49.7 Å². The van der Waals surface area contributed by atoms with Gasteiger partial charge in [-0.3, -0.25) is 9.52 Å². The zero-order valence-corrected chi connectivity index (χ0v) is 17.2. The Bertz CT molecular complexity index is 1090. The van der Waals surface area contributed by atoms with Crippen LogP contribution in [0.5, 0.6) is 0 Å². The number of nitrogens with zero attached hydrogens (tertiary/aromatic N) is 2. The van der Waals surface area contributed by atoms with Crippen molar-refractivity contribution < 1.29 is 17.6 Å². The lowest BCUT2D eigenvalue weighted by molar-refractivity contribution is 0.0993. The Hall–Kier alpha value is -2.65. The van der Waals surface area contributed by atoms with Gasteiger partial charge in [0, 0.05) is 16.8 Å². The van der Waals surface area contributed by atoms with E-state index in [1.807, 2.05) is 31.2 Å². The lowest BCUT2D eigenvalue weighted by Crippen LogP contribution is -2.14. The highest BCUT2D eigenvalue weighted by atomic mass is 32.2. The van der Waals surface area contributed by atoms with Crippen LogP contribution in [0.25, 0.3) is 11.5 Å². The van der Waals surface area contributed by atoms with Crippen molar-refractivity contribution in [3.05, 3.63) is 59.7 Å². The molecule has 1 heterocycles. The van der Waals surface area contributed by atoms with Crippen molar-refractivity contribution in [1.29, 1.82) is 0 Å². The van der Waals surface area contributed by atoms with E-state index in [1.54, 1.807) is 31.2 Å². The summed E-state index contributed by atoms with van der Waals surface area (Å²) in [6.45, 7) is 3.72. The number of hydrogen-bond acceptors (Lipinski definition) is 7. The predicted molar refractivity (Wildman–Crippen MR) is 109 cm³/mol. The Morgan fingerprint density at radius 3 is 2.43 bits per heavy atom. The zero-order valence-electron chi connectivity index (χ0n) is 15.5. The number of rotatable bonds is 7. The zero-order chi connectivity index (χ0) is 20.3. The molecule has 1 atom stereocenters. The lowest BCUT2D eigenvalue weighted by atomic mass is 10.1. The fourth-order valence-electron chi connectivity index (χ4n) is 2.54. The normalized spacial score (nSPS) is 12.5. The molecule has 0 spiro atoms. The quantitative estimate of drug-likeness (QED) is 0.461. The summed E-state index contributed by atoms with van der Waals surface area (Å²) in [6.07, 6.45) is 1.07. The molecule has 9 heteroatoms. The molecule has 146 valence electrons. The highest BCUT2D eigenvalue weighted by molar-refractivity contribution is 8.00. The van der Waals surface area contributed by atoms with Crippen LogP contribution in [0.3, 0.4) is 0 Å². The van der Waals surface area contributed by atoms with Crippen molar-refractivity contribution in [3.63, 3.8) is 0 Å². The fraction of sp³-hybridized carbons (Fsp3) is 0.211. The van der Waals surface area contributed by atoms with Crippen LogP contribution >= 0.6 is 11.8 Å². The Balaban J connectivity index is 1.69. The molecule has 2 aromatic carbocycles. The number of carbonyl (C=O) groups excluding carboxylic acids is 1. The Morgan fingerprint density at radius 2 is 1.79 bits per heavy atom. The second kappa shape index (κ2) is 8.15. The van der Waals surface area contributed by atoms with Gasteiger partial charge in [0.2, 0.25) is 15.9 Å². The average Bonchev–Trinajstić information content (AvgIpc) is 3.09. The summed E-state index contributed by atoms with van der Waals surface area (Å²) in [5.74, 6) is 0.294. The monoisotopic (exact) mass is 417 g/mol. The smallest absolute Gasteiger partial charge is 0.277 e. The highest BCUT2D eigenvalue weighted by Gasteiger charge is 2.20. The largest absolute Gasteiger partial charge is 0.411 e. The van der Waals surface area contributed by atoms with Crippen LogP contribution in [0.4, 0.5) is 5.69 Å². The third-order valence-electron chi connectivity index (χ3n) is 3.90. The molecule has 1 aromatic heterocycles. The first-order valence-electron chi connectivity index (χ1n) is 8.41. The average molecular weight is 418 g/mol. The second-order valence-corrected chi connectivity index (χ2v) is 9.30. The predicted octanol–water partition coefficient (Wildman–Crippen LogP) is 3.78. The highest BCUT2D eigenvalue weighted by Crippen LogP contribution is 2.29. The van der Waals surface area contributed by atoms with Crippen LogP contribution in [-0.2, 0) is 10.0 Å². The van der Waals surface area contributed by atoms with E-state index >= 15 is 0 Å². The Morgan fingerprint density at radius 1 is 1.11 bits per heavy atom. The van der Waals surface area contributed by atoms with Gasteiger partial charge in [-0.15, -0.1) is 10.2 Å². The van der Waals surface area contributed by atoms with Crippen LogP contribution in [0.15, 0.2) is 58.2 Å². The number of anilines is 1. The molecule has 0 unspecified atom stereocenters. The van der Waals surface area contributed by atoms with Gasteiger partial charge in [-0.1, -0.05) is 30.0 Å². The summed E-state index contributed by atoms with van der Waals surface area (Å²) in [6, 6.07) is 14.0. The molecule has 0 aliphatic carbocycles. The second-order valence-electron chi connectivity index (χ2n) is 6.26. The number of thioether (sulfide) groups is 1. The number of sulfonamides is 1. The number of benzene rings is 2. The lowest BCUT2D eigenvalue weighted by Gasteiger charge is -2.09. The van der Waals surface area contributed by atoms with Gasteiger partial charge in [0.05, 0.1) is 11.5 Å². The van der Waals surface area contributed by atoms with E-state index < -0.39 is 15.3 Å². The number of carbonyl (C=O) groups is 1. The summed E-state index contributed by atoms with van der Waals surface area (Å²) in [7, 11) is -3.36. The topological polar surface area (TPSA) is 102 Å². The van der Waals surface area contributed by atoms with Crippen LogP contribution < -0.4 is 4.72 Å². The van der Waals surface area contributed by atoms with Gasteiger partial charge in [0.1, 0.15) is 0 Å². The molecule has 0 fully saturated rings. The van der Waals surface area contributed by atoms with Crippen molar-refractivity contribution in [2.24, 2.45) is 0 Å². The molecule has 0 aliphatic rings. The van der Waals surface area contributed by atoms with Crippen molar-refractivity contribution in [3.8, 4) is 11.5 Å². The summed E-state index contributed by atoms with van der Waals surface area (Å²) in [5, 5.41) is 7.95. The van der Waals surface area contributed by atoms with Crippen molar-refractivity contribution in [2.75, 3.05) is 11.0 Å². The molecule has 3 rings (SSSR count). The van der Waals surface area contributed by atoms with Crippen LogP contribution in [0.1, 0.15) is 22.8 Å². The summed E-state index contributed by atoms with van der Waals surface area (Å²) in [4.78, 5) is 12.6. The molecular formula is C19H19N3O4S2. The van der Waals surface area contributed by atoms with Gasteiger partial charge in [0.15, 0.2) is 5.78 Å². The number of aromatic nitrogens is 2. The molecule has 0 amide bonds. The molecule has 3 aromatic rings. The van der Waals surface area contributed by atoms with Crippen molar-refractivity contribution in [1.82, 2.24) is 10.2 Å². The molecule has 0 saturated heterocycles. The van der Waals surface area contributed by atoms with Crippen LogP contribution in [-0.4, -0.2) is 35.9 Å². The Kier molecular flexibility index (Phi) is 5.85. The minimum Gasteiger partial charge on any atom is -0.411 e. The molecule has 0 saturated carbocycles. The summed E-state index contributed by atoms with van der Waals surface area (Å²) < 4.78 is 30.6. The fourth-order valence-corrected chi connectivity index (χ4v) is 3.86. The maximum Gasteiger partial charge on any atom is 0.277 e. The first-order valence-corrected chi connectivity index (χ1v) is 11.2. The van der Waals surface area contributed by atoms with Crippen molar-refractivity contribution >= 4 is 33.3 Å². The SMILES string of the molecule is Cc1ccccc1-c1nnc(S[C@@H](C)C(=O)c2ccc(NS(C)(=O)=O)cc2)o1. The molecule has 0 bridgehead atoms. The molecule has 28 heavy (non-hydrogen) atoms. The number of aryl methyl sites for hydroxylation is 1. The number of Topliss-reactive ketones (excluding diaryl/α,β-unsaturated/α-hetero) is 1. The Labute approximate surface area is 167 Å². The van der Waals surface area contributed by atoms with Gasteiger partial charge in [-0.2, -0.15) is 0 Å². The van der Waals surface area contributed by atoms with E-state index in [1.165, 1.54) is 11.8 Å². The third kappa shape index (κ3) is 4.99. The first kappa shape index (κ1) is 20.1. The number of ketones is 1. The molecule has 0 aliphatic heterocycles. The summed E-state index contributed by atoms with van der Waals surface area (Å²) >= 11 is 1.18. The number of nitrogens with one attached hydrogen (secondary N) is 1. The van der Waals surface area contributed by atoms with Crippen LogP contribution in [0.2, 0.25) is 0 Å². The van der Waals surface area contributed by atoms with E-state index in [4.69, 9.17) is 4.42 Å². The van der Waals surface area contributed by atoms with E-state index in [0.717, 1.165) is 17.4 Å². The van der Waals surface area contributed by atoms with Crippen LogP contribution in [0, 0.1) is 6.92 Å². The maximum atomic E-state index is 12.6. The van der Waals surface area contributed by atoms with Crippen molar-refractivity contribution in [2.45, 2.75) is 24.3 Å². The molecule has 1 N–H and O–H groups in total. The minimum atomic E-state index is -3.36. The van der Waals surface area contributed by atoms with Gasteiger partial charge >= 0.3 is 0 Å². The minimum absolute atomic E-state index is 0.119. The van der Waals surface area contributed by atoms with Gasteiger partial charge in [-0.25, -0.2) is 8.42 Å². The van der Waals surface area contributed by atoms with E-state index in [-0.39, 0.29) is 5.78 Å².